The minimum absolute atomic E-state index is 0.319. The van der Waals surface area contributed by atoms with E-state index >= 15 is 0 Å². The number of aryl methyl sites for hydroxylation is 1. The number of anilines is 3. The molecule has 1 aromatic heterocycles. The molecule has 2 N–H and O–H groups in total. The zero-order chi connectivity index (χ0) is 16.9. The Hall–Kier alpha value is -3.28. The number of para-hydroxylation sites is 1. The predicted octanol–water partition coefficient (Wildman–Crippen LogP) is 3.92. The van der Waals surface area contributed by atoms with Gasteiger partial charge in [-0.15, -0.1) is 10.2 Å². The van der Waals surface area contributed by atoms with Crippen molar-refractivity contribution in [3.63, 3.8) is 0 Å². The van der Waals surface area contributed by atoms with E-state index in [9.17, 15) is 9.18 Å². The molecule has 0 spiro atoms. The van der Waals surface area contributed by atoms with Crippen molar-refractivity contribution in [2.75, 3.05) is 10.6 Å². The Morgan fingerprint density at radius 1 is 0.917 bits per heavy atom. The van der Waals surface area contributed by atoms with E-state index in [1.807, 2.05) is 31.2 Å². The largest absolute Gasteiger partial charge is 0.339 e. The Kier molecular flexibility index (Phi) is 4.47. The normalized spacial score (nSPS) is 10.2. The number of halogens is 1. The van der Waals surface area contributed by atoms with Crippen LogP contribution >= 0.6 is 0 Å². The second-order valence-corrected chi connectivity index (χ2v) is 5.20. The van der Waals surface area contributed by atoms with Gasteiger partial charge in [0.05, 0.1) is 0 Å². The highest BCUT2D eigenvalue weighted by Crippen LogP contribution is 2.18. The maximum absolute atomic E-state index is 12.9. The number of aromatic nitrogens is 2. The van der Waals surface area contributed by atoms with Crippen LogP contribution in [0.3, 0.4) is 0 Å². The lowest BCUT2D eigenvalue weighted by Crippen LogP contribution is -2.13. The van der Waals surface area contributed by atoms with Crippen molar-refractivity contribution in [3.05, 3.63) is 77.6 Å². The summed E-state index contributed by atoms with van der Waals surface area (Å²) in [5.41, 5.74) is 2.38. The Morgan fingerprint density at radius 2 is 1.58 bits per heavy atom. The standard InChI is InChI=1S/C18H15FN4O/c1-12-4-2-3-5-15(12)20-16-10-11-17(23-22-16)21-18(24)13-6-8-14(19)9-7-13/h2-11H,1H3,(H,20,22)(H,21,23,24). The van der Waals surface area contributed by atoms with Crippen LogP contribution in [0.1, 0.15) is 15.9 Å². The molecule has 0 radical (unpaired) electrons. The molecule has 0 aliphatic heterocycles. The van der Waals surface area contributed by atoms with Crippen molar-refractivity contribution in [1.82, 2.24) is 10.2 Å². The van der Waals surface area contributed by atoms with Gasteiger partial charge < -0.3 is 10.6 Å². The molecule has 0 aliphatic rings. The predicted molar refractivity (Wildman–Crippen MR) is 90.8 cm³/mol. The van der Waals surface area contributed by atoms with Gasteiger partial charge in [-0.1, -0.05) is 18.2 Å². The number of nitrogens with zero attached hydrogens (tertiary/aromatic N) is 2. The minimum atomic E-state index is -0.391. The first kappa shape index (κ1) is 15.6. The first-order chi connectivity index (χ1) is 11.6. The third-order valence-electron chi connectivity index (χ3n) is 3.42. The van der Waals surface area contributed by atoms with Gasteiger partial charge in [0.2, 0.25) is 0 Å². The van der Waals surface area contributed by atoms with E-state index in [2.05, 4.69) is 20.8 Å². The topological polar surface area (TPSA) is 66.9 Å². The lowest BCUT2D eigenvalue weighted by molar-refractivity contribution is 0.102. The van der Waals surface area contributed by atoms with Crippen molar-refractivity contribution < 1.29 is 9.18 Å². The van der Waals surface area contributed by atoms with Gasteiger partial charge in [0, 0.05) is 11.3 Å². The number of hydrogen-bond acceptors (Lipinski definition) is 4. The summed E-state index contributed by atoms with van der Waals surface area (Å²) in [7, 11) is 0. The van der Waals surface area contributed by atoms with Gasteiger partial charge in [-0.2, -0.15) is 0 Å². The number of nitrogens with one attached hydrogen (secondary N) is 2. The van der Waals surface area contributed by atoms with E-state index in [4.69, 9.17) is 0 Å². The first-order valence-corrected chi connectivity index (χ1v) is 7.35. The maximum Gasteiger partial charge on any atom is 0.256 e. The van der Waals surface area contributed by atoms with Crippen LogP contribution in [0.2, 0.25) is 0 Å². The van der Waals surface area contributed by atoms with Crippen molar-refractivity contribution >= 4 is 23.2 Å². The summed E-state index contributed by atoms with van der Waals surface area (Å²) < 4.78 is 12.9. The van der Waals surface area contributed by atoms with Gasteiger partial charge in [0.1, 0.15) is 5.82 Å². The van der Waals surface area contributed by atoms with Crippen LogP contribution in [0.5, 0.6) is 0 Å². The molecule has 3 aromatic rings. The number of hydrogen-bond donors (Lipinski definition) is 2. The van der Waals surface area contributed by atoms with Gasteiger partial charge in [-0.3, -0.25) is 4.79 Å². The zero-order valence-electron chi connectivity index (χ0n) is 13.0. The molecule has 3 rings (SSSR count). The van der Waals surface area contributed by atoms with E-state index in [0.29, 0.717) is 17.2 Å². The molecule has 0 unspecified atom stereocenters. The summed E-state index contributed by atoms with van der Waals surface area (Å²) >= 11 is 0. The SMILES string of the molecule is Cc1ccccc1Nc1ccc(NC(=O)c2ccc(F)cc2)nn1. The lowest BCUT2D eigenvalue weighted by Gasteiger charge is -2.08. The van der Waals surface area contributed by atoms with Crippen LogP contribution in [0.15, 0.2) is 60.7 Å². The van der Waals surface area contributed by atoms with E-state index in [-0.39, 0.29) is 5.91 Å². The number of carbonyl (C=O) groups excluding carboxylic acids is 1. The fourth-order valence-corrected chi connectivity index (χ4v) is 2.11. The molecule has 5 nitrogen and oxygen atoms in total. The number of amides is 1. The Balaban J connectivity index is 1.67. The first-order valence-electron chi connectivity index (χ1n) is 7.35. The molecule has 0 saturated carbocycles. The molecule has 1 amide bonds. The highest BCUT2D eigenvalue weighted by molar-refractivity contribution is 6.03. The monoisotopic (exact) mass is 322 g/mol. The number of carbonyl (C=O) groups is 1. The molecule has 0 aliphatic carbocycles. The number of benzene rings is 2. The van der Waals surface area contributed by atoms with Gasteiger partial charge in [0.15, 0.2) is 11.6 Å². The Labute approximate surface area is 138 Å². The van der Waals surface area contributed by atoms with Crippen molar-refractivity contribution in [3.8, 4) is 0 Å². The van der Waals surface area contributed by atoms with Crippen LogP contribution in [0, 0.1) is 12.7 Å². The molecule has 0 bridgehead atoms. The summed E-state index contributed by atoms with van der Waals surface area (Å²) in [5.74, 6) is 0.130. The molecule has 0 saturated heterocycles. The fourth-order valence-electron chi connectivity index (χ4n) is 2.11. The summed E-state index contributed by atoms with van der Waals surface area (Å²) in [6, 6.07) is 16.5. The van der Waals surface area contributed by atoms with Crippen molar-refractivity contribution in [2.24, 2.45) is 0 Å². The average Bonchev–Trinajstić information content (AvgIpc) is 2.59. The van der Waals surface area contributed by atoms with E-state index in [1.54, 1.807) is 12.1 Å². The molecule has 2 aromatic carbocycles. The second-order valence-electron chi connectivity index (χ2n) is 5.20. The molecule has 0 fully saturated rings. The minimum Gasteiger partial charge on any atom is -0.339 e. The van der Waals surface area contributed by atoms with Crippen LogP contribution in [-0.2, 0) is 0 Å². The summed E-state index contributed by atoms with van der Waals surface area (Å²) in [6.45, 7) is 1.99. The van der Waals surface area contributed by atoms with E-state index < -0.39 is 5.82 Å². The molecule has 6 heteroatoms. The quantitative estimate of drug-likeness (QED) is 0.764. The third kappa shape index (κ3) is 3.73. The van der Waals surface area contributed by atoms with Crippen molar-refractivity contribution in [1.29, 1.82) is 0 Å². The van der Waals surface area contributed by atoms with Gasteiger partial charge in [0.25, 0.3) is 5.91 Å². The fraction of sp³-hybridized carbons (Fsp3) is 0.0556. The average molecular weight is 322 g/mol. The Bertz CT molecular complexity index is 848. The van der Waals surface area contributed by atoms with E-state index in [0.717, 1.165) is 11.3 Å². The number of rotatable bonds is 4. The molecule has 0 atom stereocenters. The zero-order valence-corrected chi connectivity index (χ0v) is 13.0. The summed E-state index contributed by atoms with van der Waals surface area (Å²) in [4.78, 5) is 12.0. The smallest absolute Gasteiger partial charge is 0.256 e. The molecule has 120 valence electrons. The summed E-state index contributed by atoms with van der Waals surface area (Å²) in [5, 5.41) is 13.8. The lowest BCUT2D eigenvalue weighted by atomic mass is 10.2. The van der Waals surface area contributed by atoms with Crippen LogP contribution in [0.4, 0.5) is 21.7 Å². The van der Waals surface area contributed by atoms with Crippen LogP contribution < -0.4 is 10.6 Å². The van der Waals surface area contributed by atoms with Gasteiger partial charge >= 0.3 is 0 Å². The van der Waals surface area contributed by atoms with Crippen LogP contribution in [-0.4, -0.2) is 16.1 Å². The molecular weight excluding hydrogens is 307 g/mol. The maximum atomic E-state index is 12.9. The van der Waals surface area contributed by atoms with Gasteiger partial charge in [-0.05, 0) is 55.0 Å². The molecule has 1 heterocycles. The highest BCUT2D eigenvalue weighted by Gasteiger charge is 2.07. The van der Waals surface area contributed by atoms with E-state index in [1.165, 1.54) is 24.3 Å². The Morgan fingerprint density at radius 3 is 2.25 bits per heavy atom. The molecular formula is C18H15FN4O. The second kappa shape index (κ2) is 6.87. The molecule has 24 heavy (non-hydrogen) atoms. The third-order valence-corrected chi connectivity index (χ3v) is 3.42. The van der Waals surface area contributed by atoms with Crippen LogP contribution in [0.25, 0.3) is 0 Å². The van der Waals surface area contributed by atoms with Gasteiger partial charge in [-0.25, -0.2) is 4.39 Å². The highest BCUT2D eigenvalue weighted by atomic mass is 19.1. The van der Waals surface area contributed by atoms with Crippen molar-refractivity contribution in [2.45, 2.75) is 6.92 Å². The summed E-state index contributed by atoms with van der Waals surface area (Å²) in [6.07, 6.45) is 0.